The molecule has 15 heavy (non-hydrogen) atoms. The summed E-state index contributed by atoms with van der Waals surface area (Å²) in [6.07, 6.45) is 4.47. The van der Waals surface area contributed by atoms with E-state index in [0.717, 1.165) is 5.56 Å². The highest BCUT2D eigenvalue weighted by Gasteiger charge is 2.30. The van der Waals surface area contributed by atoms with Gasteiger partial charge in [0, 0.05) is 25.9 Å². The summed E-state index contributed by atoms with van der Waals surface area (Å²) in [5, 5.41) is 0. The summed E-state index contributed by atoms with van der Waals surface area (Å²) in [6, 6.07) is 3.73. The lowest BCUT2D eigenvalue weighted by Gasteiger charge is -2.24. The van der Waals surface area contributed by atoms with Gasteiger partial charge in [0.05, 0.1) is 0 Å². The number of ketones is 1. The third kappa shape index (κ3) is 2.86. The molecule has 0 saturated heterocycles. The third-order valence-electron chi connectivity index (χ3n) is 2.80. The molecule has 1 rings (SSSR count). The molecule has 0 saturated carbocycles. The normalized spacial score (nSPS) is 14.6. The van der Waals surface area contributed by atoms with Gasteiger partial charge >= 0.3 is 0 Å². The number of nitrogens with zero attached hydrogens (tertiary/aromatic N) is 1. The third-order valence-corrected chi connectivity index (χ3v) is 2.80. The van der Waals surface area contributed by atoms with Crippen molar-refractivity contribution >= 4 is 5.78 Å². The predicted octanol–water partition coefficient (Wildman–Crippen LogP) is 2.01. The number of carbonyl (C=O) groups is 1. The standard InChI is InChI=1S/C12H17NO2/c1-4-12(2,15-3)11(14)8-10-6-5-7-13-9-10/h5-7,9H,4,8H2,1-3H3. The average molecular weight is 207 g/mol. The number of methoxy groups -OCH3 is 1. The molecule has 0 fully saturated rings. The van der Waals surface area contributed by atoms with Crippen LogP contribution in [0, 0.1) is 0 Å². The van der Waals surface area contributed by atoms with Gasteiger partial charge in [-0.05, 0) is 25.0 Å². The average Bonchev–Trinajstić information content (AvgIpc) is 2.29. The Labute approximate surface area is 90.5 Å². The van der Waals surface area contributed by atoms with Gasteiger partial charge in [-0.15, -0.1) is 0 Å². The van der Waals surface area contributed by atoms with Crippen molar-refractivity contribution < 1.29 is 9.53 Å². The van der Waals surface area contributed by atoms with Crippen molar-refractivity contribution in [2.24, 2.45) is 0 Å². The molecule has 1 atom stereocenters. The lowest BCUT2D eigenvalue weighted by molar-refractivity contribution is -0.138. The highest BCUT2D eigenvalue weighted by atomic mass is 16.5. The lowest BCUT2D eigenvalue weighted by Crippen LogP contribution is -2.37. The Morgan fingerprint density at radius 3 is 2.80 bits per heavy atom. The van der Waals surface area contributed by atoms with Gasteiger partial charge in [0.15, 0.2) is 5.78 Å². The maximum atomic E-state index is 11.9. The Bertz CT molecular complexity index is 318. The SMILES string of the molecule is CCC(C)(OC)C(=O)Cc1cccnc1. The second kappa shape index (κ2) is 5.03. The molecule has 0 aliphatic heterocycles. The van der Waals surface area contributed by atoms with Crippen molar-refractivity contribution in [1.82, 2.24) is 4.98 Å². The fraction of sp³-hybridized carbons (Fsp3) is 0.500. The minimum absolute atomic E-state index is 0.0977. The first kappa shape index (κ1) is 11.9. The van der Waals surface area contributed by atoms with Crippen LogP contribution in [0.25, 0.3) is 0 Å². The zero-order valence-electron chi connectivity index (χ0n) is 9.49. The number of aromatic nitrogens is 1. The van der Waals surface area contributed by atoms with E-state index in [1.807, 2.05) is 26.0 Å². The van der Waals surface area contributed by atoms with Gasteiger partial charge in [0.2, 0.25) is 0 Å². The van der Waals surface area contributed by atoms with Crippen LogP contribution in [-0.4, -0.2) is 23.5 Å². The van der Waals surface area contributed by atoms with Gasteiger partial charge in [0.25, 0.3) is 0 Å². The zero-order valence-corrected chi connectivity index (χ0v) is 9.49. The first-order valence-electron chi connectivity index (χ1n) is 5.09. The number of carbonyl (C=O) groups excluding carboxylic acids is 1. The zero-order chi connectivity index (χ0) is 11.3. The van der Waals surface area contributed by atoms with E-state index in [9.17, 15) is 4.79 Å². The lowest BCUT2D eigenvalue weighted by atomic mass is 9.93. The van der Waals surface area contributed by atoms with Crippen molar-refractivity contribution in [1.29, 1.82) is 0 Å². The smallest absolute Gasteiger partial charge is 0.168 e. The largest absolute Gasteiger partial charge is 0.371 e. The highest BCUT2D eigenvalue weighted by molar-refractivity contribution is 5.88. The van der Waals surface area contributed by atoms with E-state index in [1.165, 1.54) is 0 Å². The van der Waals surface area contributed by atoms with Crippen LogP contribution in [-0.2, 0) is 16.0 Å². The quantitative estimate of drug-likeness (QED) is 0.741. The molecule has 82 valence electrons. The van der Waals surface area contributed by atoms with Crippen molar-refractivity contribution in [3.63, 3.8) is 0 Å². The van der Waals surface area contributed by atoms with E-state index in [4.69, 9.17) is 4.74 Å². The Morgan fingerprint density at radius 2 is 2.33 bits per heavy atom. The van der Waals surface area contributed by atoms with E-state index in [0.29, 0.717) is 12.8 Å². The van der Waals surface area contributed by atoms with Gasteiger partial charge in [0.1, 0.15) is 5.60 Å². The Kier molecular flexibility index (Phi) is 3.97. The molecule has 0 bridgehead atoms. The number of ether oxygens (including phenoxy) is 1. The molecule has 0 radical (unpaired) electrons. The van der Waals surface area contributed by atoms with E-state index in [1.54, 1.807) is 19.5 Å². The van der Waals surface area contributed by atoms with Gasteiger partial charge in [-0.25, -0.2) is 0 Å². The van der Waals surface area contributed by atoms with Gasteiger partial charge in [-0.3, -0.25) is 9.78 Å². The fourth-order valence-corrected chi connectivity index (χ4v) is 1.33. The van der Waals surface area contributed by atoms with Crippen LogP contribution in [0.15, 0.2) is 24.5 Å². The molecule has 3 nitrogen and oxygen atoms in total. The molecule has 0 aromatic carbocycles. The van der Waals surface area contributed by atoms with Crippen LogP contribution in [0.4, 0.5) is 0 Å². The number of hydrogen-bond acceptors (Lipinski definition) is 3. The predicted molar refractivity (Wildman–Crippen MR) is 58.7 cm³/mol. The second-order valence-electron chi connectivity index (χ2n) is 3.75. The molecule has 0 N–H and O–H groups in total. The summed E-state index contributed by atoms with van der Waals surface area (Å²) in [7, 11) is 1.57. The number of Topliss-reactive ketones (excluding diaryl/α,β-unsaturated/α-hetero) is 1. The Morgan fingerprint density at radius 1 is 1.60 bits per heavy atom. The Balaban J connectivity index is 2.71. The summed E-state index contributed by atoms with van der Waals surface area (Å²) in [6.45, 7) is 3.77. The molecule has 0 spiro atoms. The van der Waals surface area contributed by atoms with Crippen LogP contribution in [0.3, 0.4) is 0 Å². The van der Waals surface area contributed by atoms with Crippen molar-refractivity contribution in [2.45, 2.75) is 32.3 Å². The van der Waals surface area contributed by atoms with E-state index in [-0.39, 0.29) is 5.78 Å². The molecule has 1 aromatic heterocycles. The Hall–Kier alpha value is -1.22. The molecule has 0 amide bonds. The first-order valence-corrected chi connectivity index (χ1v) is 5.09. The summed E-state index contributed by atoms with van der Waals surface area (Å²) >= 11 is 0. The molecule has 0 aliphatic rings. The van der Waals surface area contributed by atoms with Crippen molar-refractivity contribution in [3.8, 4) is 0 Å². The van der Waals surface area contributed by atoms with Crippen LogP contribution < -0.4 is 0 Å². The van der Waals surface area contributed by atoms with Gasteiger partial charge < -0.3 is 4.74 Å². The van der Waals surface area contributed by atoms with Crippen LogP contribution in [0.2, 0.25) is 0 Å². The maximum Gasteiger partial charge on any atom is 0.168 e. The fourth-order valence-electron chi connectivity index (χ4n) is 1.33. The molecule has 1 aromatic rings. The second-order valence-corrected chi connectivity index (χ2v) is 3.75. The summed E-state index contributed by atoms with van der Waals surface area (Å²) < 4.78 is 5.25. The number of rotatable bonds is 5. The molecule has 1 unspecified atom stereocenters. The van der Waals surface area contributed by atoms with E-state index < -0.39 is 5.60 Å². The minimum Gasteiger partial charge on any atom is -0.371 e. The monoisotopic (exact) mass is 207 g/mol. The van der Waals surface area contributed by atoms with Crippen molar-refractivity contribution in [2.75, 3.05) is 7.11 Å². The minimum atomic E-state index is -0.671. The molecular formula is C12H17NO2. The summed E-state index contributed by atoms with van der Waals surface area (Å²) in [5.74, 6) is 0.0977. The number of hydrogen-bond donors (Lipinski definition) is 0. The maximum absolute atomic E-state index is 11.9. The molecular weight excluding hydrogens is 190 g/mol. The number of pyridine rings is 1. The summed E-state index contributed by atoms with van der Waals surface area (Å²) in [5.41, 5.74) is 0.259. The van der Waals surface area contributed by atoms with E-state index >= 15 is 0 Å². The summed E-state index contributed by atoms with van der Waals surface area (Å²) in [4.78, 5) is 15.9. The molecule has 1 heterocycles. The van der Waals surface area contributed by atoms with Crippen molar-refractivity contribution in [3.05, 3.63) is 30.1 Å². The first-order chi connectivity index (χ1) is 7.12. The van der Waals surface area contributed by atoms with Crippen LogP contribution in [0.5, 0.6) is 0 Å². The van der Waals surface area contributed by atoms with E-state index in [2.05, 4.69) is 4.98 Å². The highest BCUT2D eigenvalue weighted by Crippen LogP contribution is 2.17. The van der Waals surface area contributed by atoms with Gasteiger partial charge in [-0.2, -0.15) is 0 Å². The molecule has 0 aliphatic carbocycles. The topological polar surface area (TPSA) is 39.2 Å². The van der Waals surface area contributed by atoms with Crippen LogP contribution >= 0.6 is 0 Å². The van der Waals surface area contributed by atoms with Crippen LogP contribution in [0.1, 0.15) is 25.8 Å². The van der Waals surface area contributed by atoms with Gasteiger partial charge in [-0.1, -0.05) is 13.0 Å². The molecule has 3 heteroatoms.